The van der Waals surface area contributed by atoms with Crippen LogP contribution in [0.15, 0.2) is 0 Å². The number of aliphatic carboxylic acids is 1. The van der Waals surface area contributed by atoms with Gasteiger partial charge >= 0.3 is 12.0 Å². The van der Waals surface area contributed by atoms with Gasteiger partial charge in [-0.25, -0.2) is 9.59 Å². The SMILES string of the molecule is CC(C)(C)[C@H](NC(=O)NC1CCCNC1=O)C(=O)O. The molecule has 3 amide bonds. The predicted molar refractivity (Wildman–Crippen MR) is 68.6 cm³/mol. The molecule has 1 unspecified atom stereocenters. The fourth-order valence-corrected chi connectivity index (χ4v) is 1.89. The van der Waals surface area contributed by atoms with E-state index in [4.69, 9.17) is 5.11 Å². The maximum Gasteiger partial charge on any atom is 0.326 e. The molecule has 4 N–H and O–H groups in total. The van der Waals surface area contributed by atoms with Crippen LogP contribution in [0.1, 0.15) is 33.6 Å². The third-order valence-electron chi connectivity index (χ3n) is 2.98. The summed E-state index contributed by atoms with van der Waals surface area (Å²) < 4.78 is 0. The summed E-state index contributed by atoms with van der Waals surface area (Å²) in [7, 11) is 0. The number of hydrogen-bond donors (Lipinski definition) is 4. The van der Waals surface area contributed by atoms with Crippen molar-refractivity contribution in [3.05, 3.63) is 0 Å². The van der Waals surface area contributed by atoms with Gasteiger partial charge in [0.25, 0.3) is 0 Å². The van der Waals surface area contributed by atoms with Gasteiger partial charge in [0.2, 0.25) is 5.91 Å². The Balaban J connectivity index is 2.58. The Hall–Kier alpha value is -1.79. The summed E-state index contributed by atoms with van der Waals surface area (Å²) >= 11 is 0. The third kappa shape index (κ3) is 4.42. The molecule has 0 saturated carbocycles. The van der Waals surface area contributed by atoms with Crippen LogP contribution in [-0.4, -0.2) is 41.6 Å². The molecular formula is C12H21N3O4. The highest BCUT2D eigenvalue weighted by Crippen LogP contribution is 2.19. The van der Waals surface area contributed by atoms with Crippen molar-refractivity contribution in [2.45, 2.75) is 45.7 Å². The summed E-state index contributed by atoms with van der Waals surface area (Å²) in [6.45, 7) is 5.77. The highest BCUT2D eigenvalue weighted by molar-refractivity contribution is 5.89. The monoisotopic (exact) mass is 271 g/mol. The number of carbonyl (C=O) groups is 3. The van der Waals surface area contributed by atoms with E-state index in [2.05, 4.69) is 16.0 Å². The Morgan fingerprint density at radius 3 is 2.53 bits per heavy atom. The van der Waals surface area contributed by atoms with Gasteiger partial charge in [-0.2, -0.15) is 0 Å². The van der Waals surface area contributed by atoms with E-state index in [9.17, 15) is 14.4 Å². The molecule has 0 aromatic carbocycles. The van der Waals surface area contributed by atoms with E-state index in [0.717, 1.165) is 6.42 Å². The van der Waals surface area contributed by atoms with Crippen molar-refractivity contribution in [1.29, 1.82) is 0 Å². The molecule has 7 heteroatoms. The number of carboxylic acid groups (broad SMARTS) is 1. The number of urea groups is 1. The predicted octanol–water partition coefficient (Wildman–Crippen LogP) is 0.0635. The van der Waals surface area contributed by atoms with E-state index in [1.807, 2.05) is 0 Å². The Morgan fingerprint density at radius 2 is 2.05 bits per heavy atom. The molecule has 1 heterocycles. The van der Waals surface area contributed by atoms with Gasteiger partial charge in [-0.1, -0.05) is 20.8 Å². The van der Waals surface area contributed by atoms with E-state index in [1.165, 1.54) is 0 Å². The zero-order valence-corrected chi connectivity index (χ0v) is 11.4. The summed E-state index contributed by atoms with van der Waals surface area (Å²) in [5.74, 6) is -1.33. The molecule has 7 nitrogen and oxygen atoms in total. The molecule has 1 aliphatic heterocycles. The molecule has 0 aromatic heterocycles. The van der Waals surface area contributed by atoms with Gasteiger partial charge in [-0.3, -0.25) is 4.79 Å². The van der Waals surface area contributed by atoms with E-state index >= 15 is 0 Å². The fraction of sp³-hybridized carbons (Fsp3) is 0.750. The molecule has 1 fully saturated rings. The summed E-state index contributed by atoms with van der Waals surface area (Å²) in [4.78, 5) is 34.3. The topological polar surface area (TPSA) is 108 Å². The van der Waals surface area contributed by atoms with Gasteiger partial charge in [-0.05, 0) is 18.3 Å². The normalized spacial score (nSPS) is 21.2. The molecule has 0 spiro atoms. The second-order valence-corrected chi connectivity index (χ2v) is 5.74. The number of piperidine rings is 1. The first-order valence-corrected chi connectivity index (χ1v) is 6.29. The van der Waals surface area contributed by atoms with E-state index < -0.39 is 29.5 Å². The maximum absolute atomic E-state index is 11.8. The van der Waals surface area contributed by atoms with Crippen molar-refractivity contribution in [3.8, 4) is 0 Å². The number of amides is 3. The van der Waals surface area contributed by atoms with Crippen LogP contribution in [0.3, 0.4) is 0 Å². The van der Waals surface area contributed by atoms with Crippen LogP contribution in [0.2, 0.25) is 0 Å². The molecule has 19 heavy (non-hydrogen) atoms. The molecular weight excluding hydrogens is 250 g/mol. The second-order valence-electron chi connectivity index (χ2n) is 5.74. The first-order valence-electron chi connectivity index (χ1n) is 6.29. The van der Waals surface area contributed by atoms with Crippen LogP contribution in [0.4, 0.5) is 4.79 Å². The lowest BCUT2D eigenvalue weighted by Crippen LogP contribution is -2.57. The van der Waals surface area contributed by atoms with Gasteiger partial charge in [-0.15, -0.1) is 0 Å². The first-order chi connectivity index (χ1) is 8.71. The Labute approximate surface area is 112 Å². The van der Waals surface area contributed by atoms with Gasteiger partial charge in [0.1, 0.15) is 12.1 Å². The van der Waals surface area contributed by atoms with E-state index in [1.54, 1.807) is 20.8 Å². The summed E-state index contributed by atoms with van der Waals surface area (Å²) in [5.41, 5.74) is -0.613. The molecule has 1 aliphatic rings. The quantitative estimate of drug-likeness (QED) is 0.582. The lowest BCUT2D eigenvalue weighted by molar-refractivity contribution is -0.141. The Morgan fingerprint density at radius 1 is 1.42 bits per heavy atom. The van der Waals surface area contributed by atoms with Crippen molar-refractivity contribution < 1.29 is 19.5 Å². The number of carbonyl (C=O) groups excluding carboxylic acids is 2. The molecule has 108 valence electrons. The summed E-state index contributed by atoms with van der Waals surface area (Å²) in [5, 5.41) is 16.6. The largest absolute Gasteiger partial charge is 0.480 e. The summed E-state index contributed by atoms with van der Waals surface area (Å²) in [6, 6.07) is -2.24. The number of rotatable bonds is 3. The average molecular weight is 271 g/mol. The van der Waals surface area contributed by atoms with Crippen LogP contribution in [-0.2, 0) is 9.59 Å². The molecule has 0 aliphatic carbocycles. The first kappa shape index (κ1) is 15.3. The molecule has 0 bridgehead atoms. The number of carboxylic acids is 1. The smallest absolute Gasteiger partial charge is 0.326 e. The van der Waals surface area contributed by atoms with Gasteiger partial charge < -0.3 is 21.1 Å². The van der Waals surface area contributed by atoms with Crippen molar-refractivity contribution in [3.63, 3.8) is 0 Å². The van der Waals surface area contributed by atoms with Gasteiger partial charge in [0, 0.05) is 6.54 Å². The standard InChI is InChI=1S/C12H21N3O4/c1-12(2,3)8(10(17)18)15-11(19)14-7-5-4-6-13-9(7)16/h7-8H,4-6H2,1-3H3,(H,13,16)(H,17,18)(H2,14,15,19)/t7?,8-/m1/s1. The summed E-state index contributed by atoms with van der Waals surface area (Å²) in [6.07, 6.45) is 1.35. The third-order valence-corrected chi connectivity index (χ3v) is 2.98. The molecule has 2 atom stereocenters. The highest BCUT2D eigenvalue weighted by atomic mass is 16.4. The minimum atomic E-state index is -1.10. The molecule has 0 aromatic rings. The van der Waals surface area contributed by atoms with Crippen LogP contribution in [0.25, 0.3) is 0 Å². The van der Waals surface area contributed by atoms with Crippen LogP contribution >= 0.6 is 0 Å². The minimum Gasteiger partial charge on any atom is -0.480 e. The zero-order valence-electron chi connectivity index (χ0n) is 11.4. The van der Waals surface area contributed by atoms with Crippen molar-refractivity contribution >= 4 is 17.9 Å². The van der Waals surface area contributed by atoms with Crippen LogP contribution in [0.5, 0.6) is 0 Å². The molecule has 0 radical (unpaired) electrons. The minimum absolute atomic E-state index is 0.232. The molecule has 1 saturated heterocycles. The van der Waals surface area contributed by atoms with E-state index in [0.29, 0.717) is 13.0 Å². The number of nitrogens with one attached hydrogen (secondary N) is 3. The van der Waals surface area contributed by atoms with Crippen molar-refractivity contribution in [1.82, 2.24) is 16.0 Å². The molecule has 1 rings (SSSR count). The van der Waals surface area contributed by atoms with Crippen LogP contribution < -0.4 is 16.0 Å². The van der Waals surface area contributed by atoms with E-state index in [-0.39, 0.29) is 5.91 Å². The van der Waals surface area contributed by atoms with Crippen molar-refractivity contribution in [2.75, 3.05) is 6.54 Å². The zero-order chi connectivity index (χ0) is 14.6. The van der Waals surface area contributed by atoms with Crippen molar-refractivity contribution in [2.24, 2.45) is 5.41 Å². The number of hydrogen-bond acceptors (Lipinski definition) is 3. The highest BCUT2D eigenvalue weighted by Gasteiger charge is 2.33. The van der Waals surface area contributed by atoms with Gasteiger partial charge in [0.15, 0.2) is 0 Å². The average Bonchev–Trinajstić information content (AvgIpc) is 2.27. The maximum atomic E-state index is 11.8. The van der Waals surface area contributed by atoms with Crippen LogP contribution in [0, 0.1) is 5.41 Å². The Kier molecular flexibility index (Phi) is 4.74. The second kappa shape index (κ2) is 5.90. The Bertz CT molecular complexity index is 376. The lowest BCUT2D eigenvalue weighted by Gasteiger charge is -2.29. The van der Waals surface area contributed by atoms with Gasteiger partial charge in [0.05, 0.1) is 0 Å². The fourth-order valence-electron chi connectivity index (χ4n) is 1.89. The lowest BCUT2D eigenvalue weighted by atomic mass is 9.87.